The molecule has 8 heteroatoms. The number of halogens is 1. The molecular weight excluding hydrogens is 344 g/mol. The highest BCUT2D eigenvalue weighted by Crippen LogP contribution is 2.32. The summed E-state index contributed by atoms with van der Waals surface area (Å²) in [4.78, 5) is 17.8. The standard InChI is InChI=1S/C17H21ClN4O3/c1-17(2,3)25-16(23)21-9-12(10-21)22-8-11(6-20-22)13-7-19-15(18)5-14(13)24-4/h5-8,12H,9-10H2,1-4H3. The van der Waals surface area contributed by atoms with Crippen LogP contribution in [0.4, 0.5) is 4.79 Å². The van der Waals surface area contributed by atoms with Crippen LogP contribution in [0.1, 0.15) is 26.8 Å². The minimum atomic E-state index is -0.487. The molecule has 2 aromatic heterocycles. The number of likely N-dealkylation sites (tertiary alicyclic amines) is 1. The molecule has 0 aliphatic carbocycles. The number of rotatable bonds is 3. The molecule has 0 unspecified atom stereocenters. The largest absolute Gasteiger partial charge is 0.496 e. The van der Waals surface area contributed by atoms with E-state index in [1.165, 1.54) is 0 Å². The topological polar surface area (TPSA) is 69.5 Å². The first-order chi connectivity index (χ1) is 11.8. The molecule has 1 saturated heterocycles. The lowest BCUT2D eigenvalue weighted by molar-refractivity contribution is -0.000380. The van der Waals surface area contributed by atoms with Crippen LogP contribution in [0.15, 0.2) is 24.7 Å². The van der Waals surface area contributed by atoms with E-state index < -0.39 is 5.60 Å². The Morgan fingerprint density at radius 1 is 1.32 bits per heavy atom. The first-order valence-electron chi connectivity index (χ1n) is 7.99. The number of hydrogen-bond acceptors (Lipinski definition) is 5. The van der Waals surface area contributed by atoms with Crippen molar-refractivity contribution in [2.24, 2.45) is 0 Å². The van der Waals surface area contributed by atoms with Crippen molar-refractivity contribution in [2.75, 3.05) is 20.2 Å². The van der Waals surface area contributed by atoms with Gasteiger partial charge in [-0.05, 0) is 20.8 Å². The summed E-state index contributed by atoms with van der Waals surface area (Å²) in [6.45, 7) is 6.72. The molecule has 7 nitrogen and oxygen atoms in total. The molecule has 134 valence electrons. The van der Waals surface area contributed by atoms with Gasteiger partial charge in [0.25, 0.3) is 0 Å². The van der Waals surface area contributed by atoms with Crippen molar-refractivity contribution in [2.45, 2.75) is 32.4 Å². The van der Waals surface area contributed by atoms with Crippen LogP contribution in [-0.2, 0) is 4.74 Å². The highest BCUT2D eigenvalue weighted by atomic mass is 35.5. The highest BCUT2D eigenvalue weighted by molar-refractivity contribution is 6.29. The van der Waals surface area contributed by atoms with Crippen LogP contribution in [-0.4, -0.2) is 51.6 Å². The van der Waals surface area contributed by atoms with E-state index >= 15 is 0 Å². The van der Waals surface area contributed by atoms with Gasteiger partial charge in [-0.15, -0.1) is 0 Å². The first-order valence-corrected chi connectivity index (χ1v) is 8.36. The molecule has 1 fully saturated rings. The third kappa shape index (κ3) is 3.87. The molecule has 0 spiro atoms. The van der Waals surface area contributed by atoms with Gasteiger partial charge in [0.15, 0.2) is 0 Å². The molecule has 3 rings (SSSR count). The fourth-order valence-electron chi connectivity index (χ4n) is 2.57. The summed E-state index contributed by atoms with van der Waals surface area (Å²) in [5.41, 5.74) is 1.22. The van der Waals surface area contributed by atoms with Gasteiger partial charge in [0.2, 0.25) is 0 Å². The zero-order chi connectivity index (χ0) is 18.2. The molecule has 2 aromatic rings. The Bertz CT molecular complexity index is 778. The number of methoxy groups -OCH3 is 1. The number of amides is 1. The van der Waals surface area contributed by atoms with Crippen LogP contribution in [0.2, 0.25) is 5.15 Å². The molecule has 0 N–H and O–H groups in total. The number of hydrogen-bond donors (Lipinski definition) is 0. The maximum atomic E-state index is 12.0. The fraction of sp³-hybridized carbons (Fsp3) is 0.471. The zero-order valence-corrected chi connectivity index (χ0v) is 15.4. The van der Waals surface area contributed by atoms with Crippen molar-refractivity contribution in [3.05, 3.63) is 29.8 Å². The number of carbonyl (C=O) groups is 1. The summed E-state index contributed by atoms with van der Waals surface area (Å²) in [6.07, 6.45) is 5.05. The van der Waals surface area contributed by atoms with Gasteiger partial charge in [0.1, 0.15) is 16.5 Å². The summed E-state index contributed by atoms with van der Waals surface area (Å²) in [7, 11) is 1.59. The van der Waals surface area contributed by atoms with E-state index in [1.54, 1.807) is 30.5 Å². The van der Waals surface area contributed by atoms with Crippen molar-refractivity contribution >= 4 is 17.7 Å². The first kappa shape index (κ1) is 17.5. The molecule has 0 bridgehead atoms. The van der Waals surface area contributed by atoms with E-state index in [9.17, 15) is 4.79 Å². The summed E-state index contributed by atoms with van der Waals surface area (Å²) in [6, 6.07) is 1.80. The molecule has 0 aromatic carbocycles. The van der Waals surface area contributed by atoms with E-state index in [-0.39, 0.29) is 12.1 Å². The molecular formula is C17H21ClN4O3. The third-order valence-corrected chi connectivity index (χ3v) is 4.06. The van der Waals surface area contributed by atoms with Crippen LogP contribution >= 0.6 is 11.6 Å². The lowest BCUT2D eigenvalue weighted by atomic mass is 10.1. The number of aromatic nitrogens is 3. The highest BCUT2D eigenvalue weighted by Gasteiger charge is 2.35. The van der Waals surface area contributed by atoms with E-state index in [0.717, 1.165) is 11.1 Å². The summed E-state index contributed by atoms with van der Waals surface area (Å²) in [5.74, 6) is 0.642. The van der Waals surface area contributed by atoms with Crippen molar-refractivity contribution in [3.63, 3.8) is 0 Å². The Hall–Kier alpha value is -2.28. The number of pyridine rings is 1. The minimum Gasteiger partial charge on any atom is -0.496 e. The van der Waals surface area contributed by atoms with Crippen molar-refractivity contribution in [1.82, 2.24) is 19.7 Å². The fourth-order valence-corrected chi connectivity index (χ4v) is 2.72. The van der Waals surface area contributed by atoms with Gasteiger partial charge in [0.05, 0.1) is 19.3 Å². The Labute approximate surface area is 151 Å². The predicted molar refractivity (Wildman–Crippen MR) is 93.9 cm³/mol. The molecule has 0 saturated carbocycles. The average Bonchev–Trinajstić information content (AvgIpc) is 2.92. The van der Waals surface area contributed by atoms with Crippen molar-refractivity contribution < 1.29 is 14.3 Å². The van der Waals surface area contributed by atoms with E-state index in [2.05, 4.69) is 10.1 Å². The van der Waals surface area contributed by atoms with Crippen LogP contribution < -0.4 is 4.74 Å². The number of carbonyl (C=O) groups excluding carboxylic acids is 1. The maximum absolute atomic E-state index is 12.0. The minimum absolute atomic E-state index is 0.132. The normalized spacial score (nSPS) is 15.0. The van der Waals surface area contributed by atoms with Gasteiger partial charge in [-0.3, -0.25) is 4.68 Å². The van der Waals surface area contributed by atoms with Gasteiger partial charge in [-0.2, -0.15) is 5.10 Å². The van der Waals surface area contributed by atoms with Gasteiger partial charge < -0.3 is 14.4 Å². The summed E-state index contributed by atoms with van der Waals surface area (Å²) >= 11 is 5.90. The molecule has 1 aliphatic rings. The molecule has 0 radical (unpaired) electrons. The van der Waals surface area contributed by atoms with Crippen LogP contribution in [0, 0.1) is 0 Å². The van der Waals surface area contributed by atoms with E-state index in [4.69, 9.17) is 21.1 Å². The van der Waals surface area contributed by atoms with Gasteiger partial charge in [-0.25, -0.2) is 9.78 Å². The summed E-state index contributed by atoms with van der Waals surface area (Å²) < 4.78 is 12.6. The molecule has 1 aliphatic heterocycles. The zero-order valence-electron chi connectivity index (χ0n) is 14.7. The maximum Gasteiger partial charge on any atom is 0.410 e. The lowest BCUT2D eigenvalue weighted by Crippen LogP contribution is -2.52. The van der Waals surface area contributed by atoms with Crippen LogP contribution in [0.5, 0.6) is 5.75 Å². The molecule has 3 heterocycles. The van der Waals surface area contributed by atoms with E-state index in [0.29, 0.717) is 24.0 Å². The Balaban J connectivity index is 1.67. The van der Waals surface area contributed by atoms with Crippen molar-refractivity contribution in [1.29, 1.82) is 0 Å². The van der Waals surface area contributed by atoms with Gasteiger partial charge in [-0.1, -0.05) is 11.6 Å². The summed E-state index contributed by atoms with van der Waals surface area (Å²) in [5, 5.41) is 4.78. The predicted octanol–water partition coefficient (Wildman–Crippen LogP) is 3.40. The Kier molecular flexibility index (Phi) is 4.60. The van der Waals surface area contributed by atoms with Gasteiger partial charge >= 0.3 is 6.09 Å². The second kappa shape index (κ2) is 6.55. The molecule has 1 amide bonds. The quantitative estimate of drug-likeness (QED) is 0.781. The SMILES string of the molecule is COc1cc(Cl)ncc1-c1cnn(C2CN(C(=O)OC(C)(C)C)C2)c1. The second-order valence-electron chi connectivity index (χ2n) is 6.96. The Morgan fingerprint density at radius 3 is 2.68 bits per heavy atom. The monoisotopic (exact) mass is 364 g/mol. The second-order valence-corrected chi connectivity index (χ2v) is 7.34. The van der Waals surface area contributed by atoms with Crippen LogP contribution in [0.25, 0.3) is 11.1 Å². The average molecular weight is 365 g/mol. The Morgan fingerprint density at radius 2 is 2.04 bits per heavy atom. The molecule has 25 heavy (non-hydrogen) atoms. The third-order valence-electron chi connectivity index (χ3n) is 3.85. The smallest absolute Gasteiger partial charge is 0.410 e. The van der Waals surface area contributed by atoms with Crippen LogP contribution in [0.3, 0.4) is 0 Å². The number of ether oxygens (including phenoxy) is 2. The van der Waals surface area contributed by atoms with Gasteiger partial charge in [0, 0.05) is 42.7 Å². The number of nitrogens with zero attached hydrogens (tertiary/aromatic N) is 4. The molecule has 0 atom stereocenters. The lowest BCUT2D eigenvalue weighted by Gasteiger charge is -2.39. The van der Waals surface area contributed by atoms with Crippen molar-refractivity contribution in [3.8, 4) is 16.9 Å². The van der Waals surface area contributed by atoms with E-state index in [1.807, 2.05) is 31.6 Å².